The second-order valence-electron chi connectivity index (χ2n) is 4.74. The van der Waals surface area contributed by atoms with Gasteiger partial charge in [-0.25, -0.2) is 9.97 Å². The average Bonchev–Trinajstić information content (AvgIpc) is 2.46. The summed E-state index contributed by atoms with van der Waals surface area (Å²) in [7, 11) is 1.68. The summed E-state index contributed by atoms with van der Waals surface area (Å²) in [6.45, 7) is 4.66. The Bertz CT molecular complexity index is 596. The smallest absolute Gasteiger partial charge is 0.130 e. The molecule has 0 aliphatic heterocycles. The zero-order valence-electron chi connectivity index (χ0n) is 12.3. The Balaban J connectivity index is 2.54. The van der Waals surface area contributed by atoms with Crippen molar-refractivity contribution in [3.63, 3.8) is 0 Å². The van der Waals surface area contributed by atoms with Gasteiger partial charge in [0.05, 0.1) is 12.8 Å². The Labute approximate surface area is 120 Å². The molecule has 1 aromatic heterocycles. The lowest BCUT2D eigenvalue weighted by Gasteiger charge is -2.11. The van der Waals surface area contributed by atoms with Crippen molar-refractivity contribution in [1.82, 2.24) is 9.97 Å². The first-order valence-electron chi connectivity index (χ1n) is 6.89. The van der Waals surface area contributed by atoms with Gasteiger partial charge in [0.15, 0.2) is 0 Å². The zero-order chi connectivity index (χ0) is 14.5. The summed E-state index contributed by atoms with van der Waals surface area (Å²) in [5, 5.41) is 0. The Morgan fingerprint density at radius 2 is 2.00 bits per heavy atom. The van der Waals surface area contributed by atoms with Crippen molar-refractivity contribution in [2.45, 2.75) is 26.7 Å². The fourth-order valence-electron chi connectivity index (χ4n) is 2.18. The third kappa shape index (κ3) is 3.14. The first-order chi connectivity index (χ1) is 9.67. The predicted octanol–water partition coefficient (Wildman–Crippen LogP) is 2.52. The Morgan fingerprint density at radius 3 is 2.65 bits per heavy atom. The average molecular weight is 271 g/mol. The number of aromatic nitrogens is 2. The number of nitrogens with two attached hydrogens (primary N) is 1. The van der Waals surface area contributed by atoms with Crippen molar-refractivity contribution in [3.05, 3.63) is 41.3 Å². The van der Waals surface area contributed by atoms with Crippen LogP contribution in [-0.4, -0.2) is 23.6 Å². The fraction of sp³-hybridized carbons (Fsp3) is 0.375. The lowest BCUT2D eigenvalue weighted by molar-refractivity contribution is 0.416. The van der Waals surface area contributed by atoms with E-state index in [4.69, 9.17) is 10.5 Å². The van der Waals surface area contributed by atoms with Gasteiger partial charge in [0, 0.05) is 17.7 Å². The van der Waals surface area contributed by atoms with E-state index in [0.29, 0.717) is 13.0 Å². The molecule has 0 saturated heterocycles. The Kier molecular flexibility index (Phi) is 4.69. The van der Waals surface area contributed by atoms with E-state index in [0.717, 1.165) is 34.9 Å². The minimum atomic E-state index is 0.551. The minimum absolute atomic E-state index is 0.551. The summed E-state index contributed by atoms with van der Waals surface area (Å²) in [6.07, 6.45) is 1.67. The second kappa shape index (κ2) is 6.48. The standard InChI is InChI=1S/C16H21N3O/c1-4-12-5-6-15(20-3)13(10-12)14-9-11(2)18-16(19-14)7-8-17/h5-6,9-10H,4,7-8,17H2,1-3H3. The predicted molar refractivity (Wildman–Crippen MR) is 80.9 cm³/mol. The molecule has 20 heavy (non-hydrogen) atoms. The van der Waals surface area contributed by atoms with Crippen molar-refractivity contribution in [1.29, 1.82) is 0 Å². The number of hydrogen-bond acceptors (Lipinski definition) is 4. The highest BCUT2D eigenvalue weighted by atomic mass is 16.5. The molecule has 2 aromatic rings. The van der Waals surface area contributed by atoms with Crippen LogP contribution in [0.5, 0.6) is 5.75 Å². The molecule has 0 atom stereocenters. The van der Waals surface area contributed by atoms with Gasteiger partial charge in [0.1, 0.15) is 11.6 Å². The monoisotopic (exact) mass is 271 g/mol. The quantitative estimate of drug-likeness (QED) is 0.907. The van der Waals surface area contributed by atoms with Crippen LogP contribution in [0.2, 0.25) is 0 Å². The summed E-state index contributed by atoms with van der Waals surface area (Å²) in [4.78, 5) is 9.02. The van der Waals surface area contributed by atoms with Gasteiger partial charge in [0.2, 0.25) is 0 Å². The highest BCUT2D eigenvalue weighted by Crippen LogP contribution is 2.30. The first kappa shape index (κ1) is 14.5. The van der Waals surface area contributed by atoms with E-state index < -0.39 is 0 Å². The molecule has 0 spiro atoms. The maximum absolute atomic E-state index is 5.60. The van der Waals surface area contributed by atoms with Gasteiger partial charge < -0.3 is 10.5 Å². The van der Waals surface area contributed by atoms with E-state index >= 15 is 0 Å². The van der Waals surface area contributed by atoms with Crippen LogP contribution in [0.25, 0.3) is 11.3 Å². The number of aryl methyl sites for hydroxylation is 2. The fourth-order valence-corrected chi connectivity index (χ4v) is 2.18. The van der Waals surface area contributed by atoms with Crippen molar-refractivity contribution >= 4 is 0 Å². The Hall–Kier alpha value is -1.94. The van der Waals surface area contributed by atoms with Gasteiger partial charge in [0.25, 0.3) is 0 Å². The van der Waals surface area contributed by atoms with E-state index in [9.17, 15) is 0 Å². The van der Waals surface area contributed by atoms with Gasteiger partial charge in [-0.1, -0.05) is 13.0 Å². The van der Waals surface area contributed by atoms with Gasteiger partial charge in [-0.05, 0) is 43.7 Å². The van der Waals surface area contributed by atoms with Gasteiger partial charge >= 0.3 is 0 Å². The molecular weight excluding hydrogens is 250 g/mol. The number of methoxy groups -OCH3 is 1. The summed E-state index contributed by atoms with van der Waals surface area (Å²) < 4.78 is 5.45. The molecule has 2 rings (SSSR count). The summed E-state index contributed by atoms with van der Waals surface area (Å²) in [5.41, 5.74) is 9.71. The number of nitrogens with zero attached hydrogens (tertiary/aromatic N) is 2. The maximum Gasteiger partial charge on any atom is 0.130 e. The first-order valence-corrected chi connectivity index (χ1v) is 6.89. The molecule has 1 heterocycles. The number of hydrogen-bond donors (Lipinski definition) is 1. The van der Waals surface area contributed by atoms with E-state index in [1.54, 1.807) is 7.11 Å². The van der Waals surface area contributed by atoms with Crippen LogP contribution in [0, 0.1) is 6.92 Å². The Morgan fingerprint density at radius 1 is 1.20 bits per heavy atom. The van der Waals surface area contributed by atoms with Gasteiger partial charge in [-0.3, -0.25) is 0 Å². The molecule has 0 amide bonds. The van der Waals surface area contributed by atoms with Crippen LogP contribution in [-0.2, 0) is 12.8 Å². The molecule has 0 fully saturated rings. The van der Waals surface area contributed by atoms with E-state index in [-0.39, 0.29) is 0 Å². The number of ether oxygens (including phenoxy) is 1. The molecule has 0 radical (unpaired) electrons. The molecule has 0 saturated carbocycles. The zero-order valence-corrected chi connectivity index (χ0v) is 12.3. The molecule has 4 nitrogen and oxygen atoms in total. The number of benzene rings is 1. The summed E-state index contributed by atoms with van der Waals surface area (Å²) >= 11 is 0. The third-order valence-corrected chi connectivity index (χ3v) is 3.22. The minimum Gasteiger partial charge on any atom is -0.496 e. The van der Waals surface area contributed by atoms with Gasteiger partial charge in [-0.2, -0.15) is 0 Å². The molecule has 4 heteroatoms. The topological polar surface area (TPSA) is 61.0 Å². The molecule has 1 aromatic carbocycles. The molecule has 106 valence electrons. The van der Waals surface area contributed by atoms with Crippen molar-refractivity contribution in [2.75, 3.05) is 13.7 Å². The highest BCUT2D eigenvalue weighted by Gasteiger charge is 2.10. The molecular formula is C16H21N3O. The van der Waals surface area contributed by atoms with E-state index in [2.05, 4.69) is 29.0 Å². The van der Waals surface area contributed by atoms with E-state index in [1.807, 2.05) is 19.1 Å². The highest BCUT2D eigenvalue weighted by molar-refractivity contribution is 5.68. The van der Waals surface area contributed by atoms with Crippen molar-refractivity contribution in [2.24, 2.45) is 5.73 Å². The summed E-state index contributed by atoms with van der Waals surface area (Å²) in [6, 6.07) is 8.19. The molecule has 0 aliphatic rings. The second-order valence-corrected chi connectivity index (χ2v) is 4.74. The molecule has 0 bridgehead atoms. The van der Waals surface area contributed by atoms with Crippen LogP contribution in [0.1, 0.15) is 24.0 Å². The van der Waals surface area contributed by atoms with Crippen LogP contribution >= 0.6 is 0 Å². The molecule has 0 unspecified atom stereocenters. The lowest BCUT2D eigenvalue weighted by atomic mass is 10.0. The lowest BCUT2D eigenvalue weighted by Crippen LogP contribution is -2.08. The SMILES string of the molecule is CCc1ccc(OC)c(-c2cc(C)nc(CCN)n2)c1. The third-order valence-electron chi connectivity index (χ3n) is 3.22. The number of rotatable bonds is 5. The van der Waals surface area contributed by atoms with Gasteiger partial charge in [-0.15, -0.1) is 0 Å². The van der Waals surface area contributed by atoms with Crippen molar-refractivity contribution in [3.8, 4) is 17.0 Å². The van der Waals surface area contributed by atoms with Crippen molar-refractivity contribution < 1.29 is 4.74 Å². The van der Waals surface area contributed by atoms with Crippen LogP contribution in [0.4, 0.5) is 0 Å². The van der Waals surface area contributed by atoms with Crippen LogP contribution in [0.15, 0.2) is 24.3 Å². The maximum atomic E-state index is 5.60. The normalized spacial score (nSPS) is 10.6. The van der Waals surface area contributed by atoms with E-state index in [1.165, 1.54) is 5.56 Å². The molecule has 2 N–H and O–H groups in total. The summed E-state index contributed by atoms with van der Waals surface area (Å²) in [5.74, 6) is 1.62. The van der Waals surface area contributed by atoms with Crippen LogP contribution < -0.4 is 10.5 Å². The largest absolute Gasteiger partial charge is 0.496 e. The van der Waals surface area contributed by atoms with Crippen LogP contribution in [0.3, 0.4) is 0 Å². The molecule has 0 aliphatic carbocycles.